The van der Waals surface area contributed by atoms with E-state index in [0.29, 0.717) is 22.8 Å². The van der Waals surface area contributed by atoms with Crippen LogP contribution in [-0.2, 0) is 6.54 Å². The van der Waals surface area contributed by atoms with Gasteiger partial charge in [-0.25, -0.2) is 9.37 Å². The number of nitrogens with one attached hydrogen (secondary N) is 1. The van der Waals surface area contributed by atoms with Crippen LogP contribution in [0.1, 0.15) is 12.0 Å². The van der Waals surface area contributed by atoms with Gasteiger partial charge in [-0.1, -0.05) is 29.8 Å². The Morgan fingerprint density at radius 3 is 2.71 bits per heavy atom. The molecule has 0 spiro atoms. The minimum absolute atomic E-state index is 0.240. The third kappa shape index (κ3) is 4.06. The maximum absolute atomic E-state index is 14.2. The fourth-order valence-corrected chi connectivity index (χ4v) is 4.06. The average Bonchev–Trinajstić information content (AvgIpc) is 3.42. The van der Waals surface area contributed by atoms with Crippen LogP contribution in [0.3, 0.4) is 0 Å². The molecule has 1 atom stereocenters. The zero-order valence-corrected chi connectivity index (χ0v) is 17.6. The van der Waals surface area contributed by atoms with Gasteiger partial charge in [0.1, 0.15) is 11.6 Å². The predicted octanol–water partition coefficient (Wildman–Crippen LogP) is 4.34. The van der Waals surface area contributed by atoms with Gasteiger partial charge in [-0.15, -0.1) is 0 Å². The van der Waals surface area contributed by atoms with Crippen molar-refractivity contribution in [2.75, 3.05) is 23.3 Å². The molecule has 0 saturated carbocycles. The molecule has 4 aromatic rings. The number of halogens is 2. The van der Waals surface area contributed by atoms with E-state index in [0.717, 1.165) is 36.6 Å². The monoisotopic (exact) mass is 436 g/mol. The Morgan fingerprint density at radius 2 is 1.97 bits per heavy atom. The summed E-state index contributed by atoms with van der Waals surface area (Å²) in [5, 5.41) is 7.99. The summed E-state index contributed by atoms with van der Waals surface area (Å²) in [6, 6.07) is 17.0. The highest BCUT2D eigenvalue weighted by atomic mass is 35.5. The fraction of sp³-hybridized carbons (Fsp3) is 0.217. The molecule has 0 bridgehead atoms. The van der Waals surface area contributed by atoms with Gasteiger partial charge >= 0.3 is 0 Å². The molecule has 0 amide bonds. The van der Waals surface area contributed by atoms with Gasteiger partial charge in [-0.05, 0) is 30.7 Å². The summed E-state index contributed by atoms with van der Waals surface area (Å²) in [5.74, 6) is 0.386. The van der Waals surface area contributed by atoms with Crippen LogP contribution in [0.2, 0.25) is 5.02 Å². The first-order valence-corrected chi connectivity index (χ1v) is 10.6. The summed E-state index contributed by atoms with van der Waals surface area (Å²) in [6.07, 6.45) is 2.71. The molecule has 0 aliphatic carbocycles. The van der Waals surface area contributed by atoms with Crippen LogP contribution in [0, 0.1) is 5.82 Å². The lowest BCUT2D eigenvalue weighted by atomic mass is 10.1. The second kappa shape index (κ2) is 8.17. The van der Waals surface area contributed by atoms with E-state index in [-0.39, 0.29) is 11.9 Å². The van der Waals surface area contributed by atoms with Gasteiger partial charge in [0, 0.05) is 59.6 Å². The summed E-state index contributed by atoms with van der Waals surface area (Å²) in [7, 11) is 0. The largest absolute Gasteiger partial charge is 0.370 e. The first kappa shape index (κ1) is 19.8. The van der Waals surface area contributed by atoms with E-state index in [4.69, 9.17) is 22.3 Å². The van der Waals surface area contributed by atoms with Gasteiger partial charge in [0.2, 0.25) is 0 Å². The maximum atomic E-state index is 14.2. The number of nitrogens with two attached hydrogens (primary N) is 1. The molecule has 2 aromatic carbocycles. The molecule has 0 unspecified atom stereocenters. The topological polar surface area (TPSA) is 71.5 Å². The molecule has 6 nitrogen and oxygen atoms in total. The van der Waals surface area contributed by atoms with E-state index < -0.39 is 0 Å². The summed E-state index contributed by atoms with van der Waals surface area (Å²) in [6.45, 7) is 2.17. The predicted molar refractivity (Wildman–Crippen MR) is 122 cm³/mol. The molecule has 3 N–H and O–H groups in total. The number of hydrogen-bond donors (Lipinski definition) is 2. The molecule has 0 radical (unpaired) electrons. The van der Waals surface area contributed by atoms with Crippen molar-refractivity contribution in [3.05, 3.63) is 77.2 Å². The van der Waals surface area contributed by atoms with Crippen molar-refractivity contribution >= 4 is 28.8 Å². The highest BCUT2D eigenvalue weighted by molar-refractivity contribution is 6.30. The van der Waals surface area contributed by atoms with Crippen LogP contribution in [-0.4, -0.2) is 33.7 Å². The second-order valence-corrected chi connectivity index (χ2v) is 8.20. The van der Waals surface area contributed by atoms with E-state index in [1.807, 2.05) is 12.1 Å². The van der Waals surface area contributed by atoms with Crippen molar-refractivity contribution < 1.29 is 4.39 Å². The summed E-state index contributed by atoms with van der Waals surface area (Å²) in [5.41, 5.74) is 10.3. The minimum Gasteiger partial charge on any atom is -0.370 e. The zero-order chi connectivity index (χ0) is 21.4. The normalized spacial score (nSPS) is 16.2. The van der Waals surface area contributed by atoms with Crippen LogP contribution in [0.15, 0.2) is 60.8 Å². The average molecular weight is 437 g/mol. The fourth-order valence-electron chi connectivity index (χ4n) is 3.90. The highest BCUT2D eigenvalue weighted by Gasteiger charge is 2.19. The SMILES string of the molecule is N[C@H]1CCN(c2ccc(-c3cc(NCc4ccc(Cl)cc4F)n4nccc4n3)cc2)C1. The Kier molecular flexibility index (Phi) is 5.21. The van der Waals surface area contributed by atoms with E-state index in [9.17, 15) is 4.39 Å². The minimum atomic E-state index is -0.344. The number of rotatable bonds is 5. The Hall–Kier alpha value is -3.16. The van der Waals surface area contributed by atoms with Crippen molar-refractivity contribution in [3.63, 3.8) is 0 Å². The number of benzene rings is 2. The van der Waals surface area contributed by atoms with Gasteiger partial charge in [-0.3, -0.25) is 0 Å². The third-order valence-electron chi connectivity index (χ3n) is 5.59. The lowest BCUT2D eigenvalue weighted by Crippen LogP contribution is -2.26. The summed E-state index contributed by atoms with van der Waals surface area (Å²) >= 11 is 5.85. The van der Waals surface area contributed by atoms with Crippen molar-refractivity contribution in [1.29, 1.82) is 0 Å². The van der Waals surface area contributed by atoms with Crippen molar-refractivity contribution in [2.24, 2.45) is 5.73 Å². The van der Waals surface area contributed by atoms with Crippen molar-refractivity contribution in [3.8, 4) is 11.3 Å². The quantitative estimate of drug-likeness (QED) is 0.487. The molecule has 1 fully saturated rings. The first-order chi connectivity index (χ1) is 15.1. The highest BCUT2D eigenvalue weighted by Crippen LogP contribution is 2.27. The Morgan fingerprint density at radius 1 is 1.13 bits per heavy atom. The molecule has 158 valence electrons. The van der Waals surface area contributed by atoms with E-state index in [1.165, 1.54) is 11.8 Å². The number of nitrogens with zero attached hydrogens (tertiary/aromatic N) is 4. The lowest BCUT2D eigenvalue weighted by molar-refractivity contribution is 0.613. The Balaban J connectivity index is 1.42. The van der Waals surface area contributed by atoms with E-state index in [1.54, 1.807) is 22.8 Å². The van der Waals surface area contributed by atoms with Gasteiger partial charge in [0.15, 0.2) is 5.65 Å². The van der Waals surface area contributed by atoms with Crippen molar-refractivity contribution in [2.45, 2.75) is 19.0 Å². The first-order valence-electron chi connectivity index (χ1n) is 10.2. The van der Waals surface area contributed by atoms with Gasteiger partial charge in [0.25, 0.3) is 0 Å². The summed E-state index contributed by atoms with van der Waals surface area (Å²) in [4.78, 5) is 7.03. The third-order valence-corrected chi connectivity index (χ3v) is 5.82. The molecular weight excluding hydrogens is 415 g/mol. The Labute approximate surface area is 184 Å². The molecule has 1 saturated heterocycles. The number of fused-ring (bicyclic) bond motifs is 1. The van der Waals surface area contributed by atoms with Gasteiger partial charge in [0.05, 0.1) is 11.9 Å². The molecule has 31 heavy (non-hydrogen) atoms. The van der Waals surface area contributed by atoms with Crippen molar-refractivity contribution in [1.82, 2.24) is 14.6 Å². The molecule has 1 aliphatic heterocycles. The summed E-state index contributed by atoms with van der Waals surface area (Å²) < 4.78 is 15.9. The van der Waals surface area contributed by atoms with Crippen LogP contribution >= 0.6 is 11.6 Å². The number of aromatic nitrogens is 3. The van der Waals surface area contributed by atoms with Gasteiger partial charge in [-0.2, -0.15) is 9.61 Å². The molecule has 2 aromatic heterocycles. The second-order valence-electron chi connectivity index (χ2n) is 7.76. The van der Waals surface area contributed by atoms with Gasteiger partial charge < -0.3 is 16.0 Å². The molecule has 1 aliphatic rings. The maximum Gasteiger partial charge on any atom is 0.157 e. The molecular formula is C23H22ClFN6. The van der Waals surface area contributed by atoms with Crippen LogP contribution in [0.25, 0.3) is 16.9 Å². The molecule has 5 rings (SSSR count). The van der Waals surface area contributed by atoms with Crippen LogP contribution < -0.4 is 16.0 Å². The zero-order valence-electron chi connectivity index (χ0n) is 16.8. The smallest absolute Gasteiger partial charge is 0.157 e. The molecule has 3 heterocycles. The van der Waals surface area contributed by atoms with Crippen LogP contribution in [0.5, 0.6) is 0 Å². The Bertz CT molecular complexity index is 1220. The molecule has 8 heteroatoms. The number of hydrogen-bond acceptors (Lipinski definition) is 5. The van der Waals surface area contributed by atoms with E-state index in [2.05, 4.69) is 39.6 Å². The van der Waals surface area contributed by atoms with E-state index >= 15 is 0 Å². The van der Waals surface area contributed by atoms with Crippen LogP contribution in [0.4, 0.5) is 15.9 Å². The lowest BCUT2D eigenvalue weighted by Gasteiger charge is -2.18. The number of anilines is 2. The standard InChI is InChI=1S/C23H22ClFN6/c24-17-4-1-16(20(25)11-17)13-27-23-12-21(29-22-7-9-28-31(22)23)15-2-5-19(6-3-15)30-10-8-18(26)14-30/h1-7,9,11-12,18,27H,8,10,13-14,26H2/t18-/m0/s1.